The number of aliphatic hydroxyl groups excluding tert-OH is 1. The fourth-order valence-electron chi connectivity index (χ4n) is 4.55. The maximum atomic E-state index is 12.5. The van der Waals surface area contributed by atoms with Crippen molar-refractivity contribution in [3.8, 4) is 0 Å². The van der Waals surface area contributed by atoms with Crippen LogP contribution in [0.3, 0.4) is 0 Å². The summed E-state index contributed by atoms with van der Waals surface area (Å²) in [5, 5.41) is 12.9. The van der Waals surface area contributed by atoms with Gasteiger partial charge in [0.15, 0.2) is 0 Å². The van der Waals surface area contributed by atoms with Crippen LogP contribution in [0.4, 0.5) is 4.79 Å². The summed E-state index contributed by atoms with van der Waals surface area (Å²) in [4.78, 5) is 14.4. The van der Waals surface area contributed by atoms with Crippen LogP contribution >= 0.6 is 0 Å². The third-order valence-corrected chi connectivity index (χ3v) is 6.09. The summed E-state index contributed by atoms with van der Waals surface area (Å²) in [5.41, 5.74) is 0.0355. The lowest BCUT2D eigenvalue weighted by molar-refractivity contribution is -0.108. The third-order valence-electron chi connectivity index (χ3n) is 6.09. The Balaban J connectivity index is 1.48. The van der Waals surface area contributed by atoms with Gasteiger partial charge >= 0.3 is 6.03 Å². The van der Waals surface area contributed by atoms with Crippen LogP contribution < -0.4 is 5.32 Å². The van der Waals surface area contributed by atoms with Crippen LogP contribution in [-0.4, -0.2) is 53.5 Å². The molecule has 0 aromatic heterocycles. The van der Waals surface area contributed by atoms with E-state index in [0.717, 1.165) is 58.2 Å². The molecular formula is C18H32N2O3. The van der Waals surface area contributed by atoms with Gasteiger partial charge < -0.3 is 20.1 Å². The van der Waals surface area contributed by atoms with Crippen LogP contribution in [0, 0.1) is 5.92 Å². The van der Waals surface area contributed by atoms with Crippen LogP contribution in [0.15, 0.2) is 0 Å². The maximum absolute atomic E-state index is 12.5. The first-order valence-corrected chi connectivity index (χ1v) is 9.45. The molecule has 0 aromatic rings. The summed E-state index contributed by atoms with van der Waals surface area (Å²) in [6.45, 7) is 4.15. The van der Waals surface area contributed by atoms with Gasteiger partial charge in [0.25, 0.3) is 0 Å². The molecule has 2 unspecified atom stereocenters. The summed E-state index contributed by atoms with van der Waals surface area (Å²) < 4.78 is 6.11. The second-order valence-electron chi connectivity index (χ2n) is 7.80. The lowest BCUT2D eigenvalue weighted by atomic mass is 9.78. The highest BCUT2D eigenvalue weighted by Crippen LogP contribution is 2.38. The van der Waals surface area contributed by atoms with Gasteiger partial charge in [-0.3, -0.25) is 0 Å². The van der Waals surface area contributed by atoms with Gasteiger partial charge in [-0.2, -0.15) is 0 Å². The molecule has 132 valence electrons. The number of rotatable bonds is 2. The van der Waals surface area contributed by atoms with Gasteiger partial charge in [0.1, 0.15) is 0 Å². The molecule has 1 aliphatic carbocycles. The third kappa shape index (κ3) is 4.18. The molecule has 2 aliphatic heterocycles. The molecule has 3 aliphatic rings. The van der Waals surface area contributed by atoms with E-state index in [0.29, 0.717) is 5.92 Å². The number of amides is 2. The summed E-state index contributed by atoms with van der Waals surface area (Å²) in [7, 11) is 0. The van der Waals surface area contributed by atoms with E-state index < -0.39 is 0 Å². The maximum Gasteiger partial charge on any atom is 0.317 e. The Hall–Kier alpha value is -0.810. The molecule has 5 heteroatoms. The lowest BCUT2D eigenvalue weighted by Gasteiger charge is -2.44. The first-order valence-electron chi connectivity index (χ1n) is 9.45. The van der Waals surface area contributed by atoms with E-state index in [-0.39, 0.29) is 23.8 Å². The molecule has 0 aromatic carbocycles. The summed E-state index contributed by atoms with van der Waals surface area (Å²) in [6.07, 6.45) is 9.59. The van der Waals surface area contributed by atoms with E-state index in [9.17, 15) is 9.90 Å². The largest absolute Gasteiger partial charge is 0.393 e. The van der Waals surface area contributed by atoms with E-state index in [1.54, 1.807) is 0 Å². The van der Waals surface area contributed by atoms with Gasteiger partial charge in [-0.25, -0.2) is 4.79 Å². The molecule has 0 radical (unpaired) electrons. The summed E-state index contributed by atoms with van der Waals surface area (Å²) in [5.74, 6) is 0.340. The highest BCUT2D eigenvalue weighted by molar-refractivity contribution is 5.74. The van der Waals surface area contributed by atoms with Gasteiger partial charge in [-0.1, -0.05) is 19.3 Å². The Morgan fingerprint density at radius 1 is 1.22 bits per heavy atom. The number of likely N-dealkylation sites (tertiary alicyclic amines) is 1. The highest BCUT2D eigenvalue weighted by atomic mass is 16.5. The average molecular weight is 324 g/mol. The highest BCUT2D eigenvalue weighted by Gasteiger charge is 2.39. The van der Waals surface area contributed by atoms with Gasteiger partial charge in [0.05, 0.1) is 11.7 Å². The summed E-state index contributed by atoms with van der Waals surface area (Å²) in [6, 6.07) is 0.329. The van der Waals surface area contributed by atoms with Crippen LogP contribution in [0.25, 0.3) is 0 Å². The molecule has 0 bridgehead atoms. The second kappa shape index (κ2) is 7.39. The van der Waals surface area contributed by atoms with E-state index in [2.05, 4.69) is 5.32 Å². The molecular weight excluding hydrogens is 292 g/mol. The first-order chi connectivity index (χ1) is 11.1. The number of carbonyl (C=O) groups excluding carboxylic acids is 1. The molecule has 23 heavy (non-hydrogen) atoms. The van der Waals surface area contributed by atoms with Gasteiger partial charge in [0, 0.05) is 25.7 Å². The van der Waals surface area contributed by atoms with Crippen molar-refractivity contribution in [1.29, 1.82) is 0 Å². The zero-order valence-corrected chi connectivity index (χ0v) is 14.4. The van der Waals surface area contributed by atoms with Crippen LogP contribution in [0.1, 0.15) is 64.7 Å². The second-order valence-corrected chi connectivity index (χ2v) is 7.80. The molecule has 2 saturated heterocycles. The molecule has 2 atom stereocenters. The van der Waals surface area contributed by atoms with Crippen LogP contribution in [0.2, 0.25) is 0 Å². The van der Waals surface area contributed by atoms with Crippen molar-refractivity contribution in [3.05, 3.63) is 0 Å². The smallest absolute Gasteiger partial charge is 0.317 e. The standard InChI is InChI=1S/C18H32N2O3/c1-14(21)15-5-10-20(11-6-15)17(22)19-16-7-12-23-18(13-16)8-3-2-4-9-18/h14-16,21H,2-13H2,1H3,(H,19,22). The van der Waals surface area contributed by atoms with Crippen molar-refractivity contribution >= 4 is 6.03 Å². The number of nitrogens with one attached hydrogen (secondary N) is 1. The molecule has 3 rings (SSSR count). The van der Waals surface area contributed by atoms with Crippen molar-refractivity contribution in [1.82, 2.24) is 10.2 Å². The molecule has 2 N–H and O–H groups in total. The fourth-order valence-corrected chi connectivity index (χ4v) is 4.55. The van der Waals surface area contributed by atoms with E-state index in [1.807, 2.05) is 11.8 Å². The Bertz CT molecular complexity index is 394. The van der Waals surface area contributed by atoms with Crippen molar-refractivity contribution in [2.24, 2.45) is 5.92 Å². The predicted octanol–water partition coefficient (Wildman–Crippen LogP) is 2.67. The zero-order chi connectivity index (χ0) is 16.3. The SMILES string of the molecule is CC(O)C1CCN(C(=O)NC2CCOC3(CCCCC3)C2)CC1. The van der Waals surface area contributed by atoms with E-state index >= 15 is 0 Å². The fraction of sp³-hybridized carbons (Fsp3) is 0.944. The van der Waals surface area contributed by atoms with Gasteiger partial charge in [-0.05, 0) is 51.4 Å². The van der Waals surface area contributed by atoms with Gasteiger partial charge in [0.2, 0.25) is 0 Å². The van der Waals surface area contributed by atoms with Crippen molar-refractivity contribution in [2.75, 3.05) is 19.7 Å². The Morgan fingerprint density at radius 3 is 2.57 bits per heavy atom. The minimum atomic E-state index is -0.262. The number of hydrogen-bond donors (Lipinski definition) is 2. The lowest BCUT2D eigenvalue weighted by Crippen LogP contribution is -2.53. The molecule has 1 spiro atoms. The van der Waals surface area contributed by atoms with Crippen LogP contribution in [-0.2, 0) is 4.74 Å². The number of piperidine rings is 1. The summed E-state index contributed by atoms with van der Waals surface area (Å²) >= 11 is 0. The normalized spacial score (nSPS) is 30.2. The number of carbonyl (C=O) groups is 1. The molecule has 2 amide bonds. The molecule has 5 nitrogen and oxygen atoms in total. The Morgan fingerprint density at radius 2 is 1.91 bits per heavy atom. The van der Waals surface area contributed by atoms with Crippen molar-refractivity contribution in [3.63, 3.8) is 0 Å². The first kappa shape index (κ1) is 17.0. The Labute approximate surface area is 139 Å². The number of hydrogen-bond acceptors (Lipinski definition) is 3. The van der Waals surface area contributed by atoms with Gasteiger partial charge in [-0.15, -0.1) is 0 Å². The van der Waals surface area contributed by atoms with Crippen molar-refractivity contribution in [2.45, 2.75) is 82.5 Å². The average Bonchev–Trinajstić information content (AvgIpc) is 2.55. The topological polar surface area (TPSA) is 61.8 Å². The zero-order valence-electron chi connectivity index (χ0n) is 14.4. The minimum Gasteiger partial charge on any atom is -0.393 e. The predicted molar refractivity (Wildman–Crippen MR) is 89.3 cm³/mol. The minimum absolute atomic E-state index is 0.0355. The van der Waals surface area contributed by atoms with Crippen molar-refractivity contribution < 1.29 is 14.6 Å². The quantitative estimate of drug-likeness (QED) is 0.821. The van der Waals surface area contributed by atoms with E-state index in [1.165, 1.54) is 19.3 Å². The Kier molecular flexibility index (Phi) is 5.47. The number of ether oxygens (including phenoxy) is 1. The number of aliphatic hydroxyl groups is 1. The number of urea groups is 1. The monoisotopic (exact) mass is 324 g/mol. The molecule has 3 fully saturated rings. The molecule has 1 saturated carbocycles. The molecule has 2 heterocycles. The van der Waals surface area contributed by atoms with E-state index in [4.69, 9.17) is 4.74 Å². The number of nitrogens with zero attached hydrogens (tertiary/aromatic N) is 1. The van der Waals surface area contributed by atoms with Crippen LogP contribution in [0.5, 0.6) is 0 Å².